The van der Waals surface area contributed by atoms with E-state index in [1.54, 1.807) is 0 Å². The van der Waals surface area contributed by atoms with E-state index in [1.165, 1.54) is 6.42 Å². The molecule has 0 heterocycles. The van der Waals surface area contributed by atoms with Crippen molar-refractivity contribution >= 4 is 0 Å². The van der Waals surface area contributed by atoms with E-state index in [9.17, 15) is 0 Å². The summed E-state index contributed by atoms with van der Waals surface area (Å²) in [7, 11) is 0. The summed E-state index contributed by atoms with van der Waals surface area (Å²) >= 11 is 0. The van der Waals surface area contributed by atoms with Gasteiger partial charge in [0.1, 0.15) is 0 Å². The van der Waals surface area contributed by atoms with Crippen molar-refractivity contribution in [1.82, 2.24) is 5.32 Å². The summed E-state index contributed by atoms with van der Waals surface area (Å²) < 4.78 is 5.79. The monoisotopic (exact) mass is 213 g/mol. The molecule has 1 N–H and O–H groups in total. The number of unbranched alkanes of at least 4 members (excludes halogenated alkanes) is 1. The van der Waals surface area contributed by atoms with Crippen LogP contribution in [0.5, 0.6) is 0 Å². The predicted octanol–water partition coefficient (Wildman–Crippen LogP) is 3.14. The molecule has 0 aliphatic heterocycles. The number of allylic oxidation sites excluding steroid dienone is 1. The maximum absolute atomic E-state index is 5.79. The summed E-state index contributed by atoms with van der Waals surface area (Å²) in [5, 5.41) is 3.51. The van der Waals surface area contributed by atoms with Crippen LogP contribution in [-0.2, 0) is 4.74 Å². The Morgan fingerprint density at radius 3 is 2.53 bits per heavy atom. The fraction of sp³-hybridized carbons (Fsp3) is 0.846. The third-order valence-corrected chi connectivity index (χ3v) is 2.71. The van der Waals surface area contributed by atoms with Crippen LogP contribution in [0, 0.1) is 0 Å². The number of likely N-dealkylation sites (N-methyl/N-ethyl adjacent to an activating group) is 1. The van der Waals surface area contributed by atoms with Crippen molar-refractivity contribution in [3.8, 4) is 0 Å². The fourth-order valence-electron chi connectivity index (χ4n) is 1.88. The van der Waals surface area contributed by atoms with Crippen LogP contribution in [0.25, 0.3) is 0 Å². The summed E-state index contributed by atoms with van der Waals surface area (Å²) in [5.74, 6) is 0. The molecule has 2 heteroatoms. The Balaban J connectivity index is 4.15. The van der Waals surface area contributed by atoms with Gasteiger partial charge in [-0.05, 0) is 46.6 Å². The zero-order valence-corrected chi connectivity index (χ0v) is 10.8. The molecule has 0 fully saturated rings. The van der Waals surface area contributed by atoms with Crippen molar-refractivity contribution in [3.63, 3.8) is 0 Å². The summed E-state index contributed by atoms with van der Waals surface area (Å²) in [5.41, 5.74) is -0.0775. The molecule has 0 aliphatic rings. The first-order valence-electron chi connectivity index (χ1n) is 6.06. The lowest BCUT2D eigenvalue weighted by atomic mass is 9.93. The lowest BCUT2D eigenvalue weighted by molar-refractivity contribution is -0.0400. The van der Waals surface area contributed by atoms with Gasteiger partial charge in [-0.15, -0.1) is 6.58 Å². The summed E-state index contributed by atoms with van der Waals surface area (Å²) in [6.45, 7) is 14.0. The van der Waals surface area contributed by atoms with Gasteiger partial charge in [0.15, 0.2) is 0 Å². The van der Waals surface area contributed by atoms with E-state index in [4.69, 9.17) is 4.74 Å². The van der Waals surface area contributed by atoms with E-state index in [0.29, 0.717) is 6.04 Å². The molecule has 1 unspecified atom stereocenters. The Bertz CT molecular complexity index is 166. The number of rotatable bonds is 9. The Morgan fingerprint density at radius 2 is 2.07 bits per heavy atom. The van der Waals surface area contributed by atoms with Gasteiger partial charge < -0.3 is 10.1 Å². The number of hydrogen-bond donors (Lipinski definition) is 1. The highest BCUT2D eigenvalue weighted by Gasteiger charge is 2.28. The normalized spacial score (nSPS) is 13.9. The Labute approximate surface area is 95.1 Å². The molecule has 1 atom stereocenters. The predicted molar refractivity (Wildman–Crippen MR) is 67.2 cm³/mol. The minimum atomic E-state index is -0.0775. The van der Waals surface area contributed by atoms with E-state index in [-0.39, 0.29) is 5.60 Å². The van der Waals surface area contributed by atoms with Crippen LogP contribution < -0.4 is 5.32 Å². The lowest BCUT2D eigenvalue weighted by Crippen LogP contribution is -2.48. The molecule has 0 saturated heterocycles. The summed E-state index contributed by atoms with van der Waals surface area (Å²) in [4.78, 5) is 0. The molecule has 0 aromatic heterocycles. The highest BCUT2D eigenvalue weighted by atomic mass is 16.5. The minimum absolute atomic E-state index is 0.0775. The van der Waals surface area contributed by atoms with Gasteiger partial charge in [0.05, 0.1) is 5.60 Å². The van der Waals surface area contributed by atoms with Gasteiger partial charge in [-0.1, -0.05) is 13.0 Å². The highest BCUT2D eigenvalue weighted by Crippen LogP contribution is 2.19. The topological polar surface area (TPSA) is 21.3 Å². The first kappa shape index (κ1) is 14.7. The molecule has 0 aromatic rings. The van der Waals surface area contributed by atoms with E-state index in [0.717, 1.165) is 26.0 Å². The standard InChI is InChI=1S/C13H27NO/c1-6-9-10-11-12(14-7-2)13(4,5)15-8-3/h6,12,14H,1,7-11H2,2-5H3. The van der Waals surface area contributed by atoms with Crippen LogP contribution in [0.2, 0.25) is 0 Å². The van der Waals surface area contributed by atoms with Gasteiger partial charge in [-0.2, -0.15) is 0 Å². The molecule has 0 amide bonds. The van der Waals surface area contributed by atoms with Crippen molar-refractivity contribution in [2.75, 3.05) is 13.2 Å². The van der Waals surface area contributed by atoms with E-state index in [1.807, 2.05) is 6.08 Å². The largest absolute Gasteiger partial charge is 0.374 e. The molecule has 0 spiro atoms. The van der Waals surface area contributed by atoms with Gasteiger partial charge in [0.25, 0.3) is 0 Å². The van der Waals surface area contributed by atoms with Crippen molar-refractivity contribution < 1.29 is 4.74 Å². The second kappa shape index (κ2) is 7.89. The van der Waals surface area contributed by atoms with Crippen molar-refractivity contribution in [2.45, 2.75) is 58.6 Å². The highest BCUT2D eigenvalue weighted by molar-refractivity contribution is 4.86. The molecule has 0 aliphatic carbocycles. The van der Waals surface area contributed by atoms with Crippen LogP contribution in [0.15, 0.2) is 12.7 Å². The average molecular weight is 213 g/mol. The van der Waals surface area contributed by atoms with Crippen LogP contribution >= 0.6 is 0 Å². The van der Waals surface area contributed by atoms with Gasteiger partial charge in [0.2, 0.25) is 0 Å². The Morgan fingerprint density at radius 1 is 1.40 bits per heavy atom. The van der Waals surface area contributed by atoms with Crippen LogP contribution in [0.3, 0.4) is 0 Å². The van der Waals surface area contributed by atoms with Gasteiger partial charge in [-0.3, -0.25) is 0 Å². The van der Waals surface area contributed by atoms with Crippen LogP contribution in [0.4, 0.5) is 0 Å². The van der Waals surface area contributed by atoms with Crippen molar-refractivity contribution in [3.05, 3.63) is 12.7 Å². The van der Waals surface area contributed by atoms with Crippen molar-refractivity contribution in [1.29, 1.82) is 0 Å². The average Bonchev–Trinajstić information content (AvgIpc) is 2.16. The Kier molecular flexibility index (Phi) is 7.71. The smallest absolute Gasteiger partial charge is 0.0778 e. The van der Waals surface area contributed by atoms with E-state index in [2.05, 4.69) is 39.6 Å². The van der Waals surface area contributed by atoms with Gasteiger partial charge >= 0.3 is 0 Å². The first-order valence-corrected chi connectivity index (χ1v) is 6.06. The maximum atomic E-state index is 5.79. The number of hydrogen-bond acceptors (Lipinski definition) is 2. The second-order valence-electron chi connectivity index (χ2n) is 4.37. The third-order valence-electron chi connectivity index (χ3n) is 2.71. The molecule has 90 valence electrons. The van der Waals surface area contributed by atoms with E-state index < -0.39 is 0 Å². The zero-order chi connectivity index (χ0) is 11.7. The molecule has 2 nitrogen and oxygen atoms in total. The number of nitrogens with one attached hydrogen (secondary N) is 1. The molecular formula is C13H27NO. The molecule has 15 heavy (non-hydrogen) atoms. The van der Waals surface area contributed by atoms with Crippen molar-refractivity contribution in [2.24, 2.45) is 0 Å². The first-order chi connectivity index (χ1) is 7.08. The number of ether oxygens (including phenoxy) is 1. The quantitative estimate of drug-likeness (QED) is 0.469. The summed E-state index contributed by atoms with van der Waals surface area (Å²) in [6, 6.07) is 0.433. The fourth-order valence-corrected chi connectivity index (χ4v) is 1.88. The van der Waals surface area contributed by atoms with Gasteiger partial charge in [0, 0.05) is 12.6 Å². The third kappa shape index (κ3) is 5.95. The molecule has 0 bridgehead atoms. The van der Waals surface area contributed by atoms with Crippen LogP contribution in [0.1, 0.15) is 47.0 Å². The summed E-state index contributed by atoms with van der Waals surface area (Å²) in [6.07, 6.45) is 5.39. The SMILES string of the molecule is C=CCCCC(NCC)C(C)(C)OCC. The Hall–Kier alpha value is -0.340. The second-order valence-corrected chi connectivity index (χ2v) is 4.37. The molecular weight excluding hydrogens is 186 g/mol. The minimum Gasteiger partial charge on any atom is -0.374 e. The maximum Gasteiger partial charge on any atom is 0.0778 e. The van der Waals surface area contributed by atoms with Crippen LogP contribution in [-0.4, -0.2) is 24.8 Å². The lowest BCUT2D eigenvalue weighted by Gasteiger charge is -2.34. The zero-order valence-electron chi connectivity index (χ0n) is 10.8. The van der Waals surface area contributed by atoms with Gasteiger partial charge in [-0.25, -0.2) is 0 Å². The van der Waals surface area contributed by atoms with E-state index >= 15 is 0 Å². The molecule has 0 radical (unpaired) electrons. The molecule has 0 aromatic carbocycles. The molecule has 0 rings (SSSR count). The molecule has 0 saturated carbocycles.